The molecule has 1 unspecified atom stereocenters. The summed E-state index contributed by atoms with van der Waals surface area (Å²) in [5.41, 5.74) is 1.44. The summed E-state index contributed by atoms with van der Waals surface area (Å²) in [6, 6.07) is 14.6. The molecule has 20 heavy (non-hydrogen) atoms. The molecule has 1 aliphatic rings. The first kappa shape index (κ1) is 14.5. The second-order valence-corrected chi connectivity index (χ2v) is 8.74. The van der Waals surface area contributed by atoms with Gasteiger partial charge in [-0.3, -0.25) is 4.57 Å². The largest absolute Gasteiger partial charge is 0.345 e. The van der Waals surface area contributed by atoms with Crippen LogP contribution in [-0.2, 0) is 9.30 Å². The molecule has 0 radical (unpaired) electrons. The number of hydrogen-bond acceptors (Lipinski definition) is 2. The van der Waals surface area contributed by atoms with Crippen LogP contribution < -0.4 is 0 Å². The lowest BCUT2D eigenvalue weighted by Crippen LogP contribution is -2.24. The van der Waals surface area contributed by atoms with Gasteiger partial charge in [-0.1, -0.05) is 56.1 Å². The van der Waals surface area contributed by atoms with Crippen molar-refractivity contribution in [2.24, 2.45) is 0 Å². The maximum atomic E-state index is 12.6. The Kier molecular flexibility index (Phi) is 3.91. The zero-order valence-electron chi connectivity index (χ0n) is 10.2. The van der Waals surface area contributed by atoms with E-state index < -0.39 is 19.1 Å². The summed E-state index contributed by atoms with van der Waals surface area (Å²) >= 11 is 6.72. The quantitative estimate of drug-likeness (QED) is 0.682. The van der Waals surface area contributed by atoms with Gasteiger partial charge in [0.25, 0.3) is 7.37 Å². The number of halogens is 2. The van der Waals surface area contributed by atoms with E-state index in [1.165, 1.54) is 0 Å². The van der Waals surface area contributed by atoms with Gasteiger partial charge in [0.1, 0.15) is 0 Å². The van der Waals surface area contributed by atoms with Crippen molar-refractivity contribution in [2.45, 2.75) is 11.7 Å². The SMILES string of the molecule is O=P1(O)[C@@H](c2cccc(Br)c2)O[C@H]1c1cccc(Br)c1. The van der Waals surface area contributed by atoms with Crippen LogP contribution in [0.25, 0.3) is 0 Å². The molecule has 1 N–H and O–H groups in total. The smallest absolute Gasteiger partial charge is 0.265 e. The minimum atomic E-state index is -3.43. The fraction of sp³-hybridized carbons (Fsp3) is 0.143. The third kappa shape index (κ3) is 2.53. The summed E-state index contributed by atoms with van der Waals surface area (Å²) < 4.78 is 20.0. The first-order chi connectivity index (χ1) is 9.48. The lowest BCUT2D eigenvalue weighted by Gasteiger charge is -2.41. The van der Waals surface area contributed by atoms with Crippen LogP contribution in [0.4, 0.5) is 0 Å². The molecule has 0 spiro atoms. The van der Waals surface area contributed by atoms with Crippen molar-refractivity contribution in [3.05, 3.63) is 68.6 Å². The van der Waals surface area contributed by atoms with Crippen molar-refractivity contribution >= 4 is 39.2 Å². The average Bonchev–Trinajstić information content (AvgIpc) is 2.38. The van der Waals surface area contributed by atoms with E-state index in [2.05, 4.69) is 31.9 Å². The van der Waals surface area contributed by atoms with Gasteiger partial charge in [0.15, 0.2) is 11.7 Å². The van der Waals surface area contributed by atoms with Crippen molar-refractivity contribution in [3.8, 4) is 0 Å². The van der Waals surface area contributed by atoms with Gasteiger partial charge in [-0.05, 0) is 35.4 Å². The highest BCUT2D eigenvalue weighted by atomic mass is 79.9. The van der Waals surface area contributed by atoms with Crippen molar-refractivity contribution in [2.75, 3.05) is 0 Å². The van der Waals surface area contributed by atoms with Gasteiger partial charge < -0.3 is 9.63 Å². The van der Waals surface area contributed by atoms with E-state index in [9.17, 15) is 9.46 Å². The third-order valence-corrected chi connectivity index (χ3v) is 6.37. The highest BCUT2D eigenvalue weighted by molar-refractivity contribution is 9.10. The van der Waals surface area contributed by atoms with Gasteiger partial charge in [-0.25, -0.2) is 0 Å². The summed E-state index contributed by atoms with van der Waals surface area (Å²) in [6.07, 6.45) is 0. The van der Waals surface area contributed by atoms with E-state index in [0.717, 1.165) is 20.1 Å². The molecule has 104 valence electrons. The Morgan fingerprint density at radius 3 is 1.75 bits per heavy atom. The molecule has 3 nitrogen and oxygen atoms in total. The molecular formula is C14H11Br2O3P. The highest BCUT2D eigenvalue weighted by Crippen LogP contribution is 2.76. The molecule has 0 aromatic heterocycles. The summed E-state index contributed by atoms with van der Waals surface area (Å²) in [6.45, 7) is 0. The standard InChI is InChI=1S/C14H11Br2O3P/c15-11-5-1-3-9(7-11)13-19-14(20(13,17)18)10-4-2-6-12(16)8-10/h1-8,13-14H,(H,17,18)/t13-,14+. The normalized spacial score (nSPS) is 28.9. The molecule has 3 atom stereocenters. The van der Waals surface area contributed by atoms with Crippen molar-refractivity contribution < 1.29 is 14.2 Å². The Labute approximate surface area is 133 Å². The lowest BCUT2D eigenvalue weighted by atomic mass is 10.2. The maximum absolute atomic E-state index is 12.6. The van der Waals surface area contributed by atoms with Crippen LogP contribution in [0, 0.1) is 0 Å². The minimum Gasteiger partial charge on any atom is -0.345 e. The average molecular weight is 418 g/mol. The molecule has 0 amide bonds. The molecule has 1 heterocycles. The van der Waals surface area contributed by atoms with Crippen LogP contribution in [0.1, 0.15) is 22.8 Å². The highest BCUT2D eigenvalue weighted by Gasteiger charge is 2.53. The summed E-state index contributed by atoms with van der Waals surface area (Å²) in [5.74, 6) is -1.49. The maximum Gasteiger partial charge on any atom is 0.265 e. The molecule has 1 aliphatic heterocycles. The second-order valence-electron chi connectivity index (χ2n) is 4.62. The van der Waals surface area contributed by atoms with Gasteiger partial charge >= 0.3 is 0 Å². The molecule has 2 aromatic carbocycles. The zero-order chi connectivity index (χ0) is 14.3. The first-order valence-corrected chi connectivity index (χ1v) is 9.35. The van der Waals surface area contributed by atoms with Crippen LogP contribution in [0.3, 0.4) is 0 Å². The molecular weight excluding hydrogens is 407 g/mol. The number of hydrogen-bond donors (Lipinski definition) is 1. The number of ether oxygens (including phenoxy) is 1. The van der Waals surface area contributed by atoms with E-state index >= 15 is 0 Å². The Hall–Kier alpha value is -0.450. The van der Waals surface area contributed by atoms with Gasteiger partial charge in [0.05, 0.1) is 0 Å². The van der Waals surface area contributed by atoms with E-state index in [4.69, 9.17) is 4.74 Å². The molecule has 1 fully saturated rings. The monoisotopic (exact) mass is 416 g/mol. The molecule has 0 bridgehead atoms. The summed E-state index contributed by atoms with van der Waals surface area (Å²) in [5, 5.41) is 0. The van der Waals surface area contributed by atoms with Crippen molar-refractivity contribution in [1.82, 2.24) is 0 Å². The fourth-order valence-corrected chi connectivity index (χ4v) is 4.92. The minimum absolute atomic E-state index is 0.719. The van der Waals surface area contributed by atoms with Gasteiger partial charge in [-0.2, -0.15) is 0 Å². The number of rotatable bonds is 2. The van der Waals surface area contributed by atoms with Gasteiger partial charge in [-0.15, -0.1) is 0 Å². The summed E-state index contributed by atoms with van der Waals surface area (Å²) in [4.78, 5) is 10.3. The number of benzene rings is 2. The van der Waals surface area contributed by atoms with Crippen molar-refractivity contribution in [3.63, 3.8) is 0 Å². The topological polar surface area (TPSA) is 46.5 Å². The molecule has 0 saturated carbocycles. The van der Waals surface area contributed by atoms with Crippen LogP contribution >= 0.6 is 39.2 Å². The first-order valence-electron chi connectivity index (χ1n) is 5.97. The molecule has 3 rings (SSSR count). The Morgan fingerprint density at radius 1 is 0.950 bits per heavy atom. The van der Waals surface area contributed by atoms with E-state index in [0.29, 0.717) is 0 Å². The third-order valence-electron chi connectivity index (χ3n) is 3.20. The van der Waals surface area contributed by atoms with E-state index in [-0.39, 0.29) is 0 Å². The molecule has 0 aliphatic carbocycles. The predicted octanol–water partition coefficient (Wildman–Crippen LogP) is 5.21. The Bertz CT molecular complexity index is 649. The fourth-order valence-electron chi connectivity index (χ4n) is 2.26. The van der Waals surface area contributed by atoms with Gasteiger partial charge in [0.2, 0.25) is 0 Å². The molecule has 1 saturated heterocycles. The van der Waals surface area contributed by atoms with Crippen LogP contribution in [0.2, 0.25) is 0 Å². The lowest BCUT2D eigenvalue weighted by molar-refractivity contribution is 0.00476. The van der Waals surface area contributed by atoms with Gasteiger partial charge in [0, 0.05) is 8.95 Å². The molecule has 2 aromatic rings. The molecule has 6 heteroatoms. The second kappa shape index (κ2) is 5.39. The Morgan fingerprint density at radius 2 is 1.40 bits per heavy atom. The predicted molar refractivity (Wildman–Crippen MR) is 84.7 cm³/mol. The summed E-state index contributed by atoms with van der Waals surface area (Å²) in [7, 11) is -3.43. The van der Waals surface area contributed by atoms with E-state index in [1.54, 1.807) is 12.1 Å². The van der Waals surface area contributed by atoms with Crippen LogP contribution in [0.5, 0.6) is 0 Å². The van der Waals surface area contributed by atoms with Crippen LogP contribution in [0.15, 0.2) is 57.5 Å². The Balaban J connectivity index is 1.89. The van der Waals surface area contributed by atoms with E-state index in [1.807, 2.05) is 36.4 Å². The van der Waals surface area contributed by atoms with Crippen molar-refractivity contribution in [1.29, 1.82) is 0 Å². The zero-order valence-corrected chi connectivity index (χ0v) is 14.3. The van der Waals surface area contributed by atoms with Crippen LogP contribution in [-0.4, -0.2) is 4.89 Å².